The van der Waals surface area contributed by atoms with Crippen LogP contribution in [0.4, 0.5) is 0 Å². The number of amides is 1. The molecule has 0 saturated carbocycles. The van der Waals surface area contributed by atoms with Crippen molar-refractivity contribution in [1.82, 2.24) is 9.21 Å². The van der Waals surface area contributed by atoms with Crippen LogP contribution >= 0.6 is 0 Å². The normalized spacial score (nSPS) is 16.0. The standard InChI is InChI=1S/C18H22N3O3S/c1-16-7-5-6-10-20(16)15-18(22)19-11-13-21(14-12-19)25(23,24)17-8-3-2-4-9-17/h2-10H,11-15H2,1H3/q+1. The molecule has 1 aromatic heterocycles. The Morgan fingerprint density at radius 3 is 2.28 bits per heavy atom. The highest BCUT2D eigenvalue weighted by Crippen LogP contribution is 2.17. The van der Waals surface area contributed by atoms with Crippen molar-refractivity contribution in [1.29, 1.82) is 0 Å². The van der Waals surface area contributed by atoms with Crippen molar-refractivity contribution in [2.24, 2.45) is 0 Å². The zero-order valence-corrected chi connectivity index (χ0v) is 15.0. The van der Waals surface area contributed by atoms with E-state index in [4.69, 9.17) is 0 Å². The minimum Gasteiger partial charge on any atom is -0.335 e. The van der Waals surface area contributed by atoms with Gasteiger partial charge in [-0.05, 0) is 12.1 Å². The second kappa shape index (κ2) is 7.33. The van der Waals surface area contributed by atoms with Crippen LogP contribution < -0.4 is 4.57 Å². The number of sulfonamides is 1. The Kier molecular flexibility index (Phi) is 5.15. The summed E-state index contributed by atoms with van der Waals surface area (Å²) in [6, 6.07) is 14.2. The van der Waals surface area contributed by atoms with Gasteiger partial charge in [-0.3, -0.25) is 4.79 Å². The summed E-state index contributed by atoms with van der Waals surface area (Å²) in [5, 5.41) is 0. The molecular formula is C18H22N3O3S+. The first-order chi connectivity index (χ1) is 12.0. The second-order valence-corrected chi connectivity index (χ2v) is 8.01. The van der Waals surface area contributed by atoms with Crippen molar-refractivity contribution in [3.63, 3.8) is 0 Å². The monoisotopic (exact) mass is 360 g/mol. The van der Waals surface area contributed by atoms with Gasteiger partial charge in [-0.2, -0.15) is 8.87 Å². The SMILES string of the molecule is Cc1cccc[n+]1CC(=O)N1CCN(S(=O)(=O)c2ccccc2)CC1. The Hall–Kier alpha value is -2.25. The lowest BCUT2D eigenvalue weighted by Gasteiger charge is -2.33. The summed E-state index contributed by atoms with van der Waals surface area (Å²) in [4.78, 5) is 14.5. The van der Waals surface area contributed by atoms with E-state index in [2.05, 4.69) is 0 Å². The average molecular weight is 360 g/mol. The molecule has 2 heterocycles. The molecule has 1 amide bonds. The lowest BCUT2D eigenvalue weighted by atomic mass is 10.3. The Morgan fingerprint density at radius 2 is 1.64 bits per heavy atom. The molecule has 0 unspecified atom stereocenters. The number of piperazine rings is 1. The summed E-state index contributed by atoms with van der Waals surface area (Å²) in [5.74, 6) is 0.0102. The van der Waals surface area contributed by atoms with E-state index in [0.717, 1.165) is 5.69 Å². The fraction of sp³-hybridized carbons (Fsp3) is 0.333. The van der Waals surface area contributed by atoms with Gasteiger partial charge >= 0.3 is 0 Å². The summed E-state index contributed by atoms with van der Waals surface area (Å²) in [5.41, 5.74) is 1.01. The molecule has 2 aromatic rings. The maximum Gasteiger partial charge on any atom is 0.288 e. The molecule has 25 heavy (non-hydrogen) atoms. The summed E-state index contributed by atoms with van der Waals surface area (Å²) >= 11 is 0. The molecule has 0 radical (unpaired) electrons. The van der Waals surface area contributed by atoms with Gasteiger partial charge < -0.3 is 4.90 Å². The maximum absolute atomic E-state index is 12.6. The topological polar surface area (TPSA) is 61.6 Å². The third kappa shape index (κ3) is 3.88. The van der Waals surface area contributed by atoms with Crippen LogP contribution in [0.5, 0.6) is 0 Å². The number of aromatic nitrogens is 1. The van der Waals surface area contributed by atoms with Crippen molar-refractivity contribution in [2.45, 2.75) is 18.4 Å². The fourth-order valence-electron chi connectivity index (χ4n) is 2.90. The van der Waals surface area contributed by atoms with E-state index in [1.807, 2.05) is 35.9 Å². The lowest BCUT2D eigenvalue weighted by molar-refractivity contribution is -0.691. The molecule has 1 fully saturated rings. The predicted molar refractivity (Wildman–Crippen MR) is 93.2 cm³/mol. The van der Waals surface area contributed by atoms with Crippen LogP contribution in [0.25, 0.3) is 0 Å². The van der Waals surface area contributed by atoms with Crippen molar-refractivity contribution < 1.29 is 17.8 Å². The maximum atomic E-state index is 12.6. The van der Waals surface area contributed by atoms with Gasteiger partial charge in [0.2, 0.25) is 16.6 Å². The summed E-state index contributed by atoms with van der Waals surface area (Å²) in [6.07, 6.45) is 1.88. The molecule has 1 aromatic carbocycles. The highest BCUT2D eigenvalue weighted by Gasteiger charge is 2.30. The molecule has 6 nitrogen and oxygen atoms in total. The Balaban J connectivity index is 1.62. The van der Waals surface area contributed by atoms with Gasteiger partial charge in [0.15, 0.2) is 11.9 Å². The molecule has 0 atom stereocenters. The van der Waals surface area contributed by atoms with Crippen molar-refractivity contribution in [3.8, 4) is 0 Å². The quantitative estimate of drug-likeness (QED) is 0.759. The molecule has 0 bridgehead atoms. The van der Waals surface area contributed by atoms with Crippen LogP contribution in [0.1, 0.15) is 5.69 Å². The number of pyridine rings is 1. The number of hydrogen-bond donors (Lipinski definition) is 0. The number of nitrogens with zero attached hydrogens (tertiary/aromatic N) is 3. The van der Waals surface area contributed by atoms with Crippen molar-refractivity contribution >= 4 is 15.9 Å². The minimum absolute atomic E-state index is 0.0102. The summed E-state index contributed by atoms with van der Waals surface area (Å²) in [6.45, 7) is 3.70. The largest absolute Gasteiger partial charge is 0.335 e. The van der Waals surface area contributed by atoms with E-state index in [0.29, 0.717) is 31.1 Å². The molecule has 1 aliphatic rings. The van der Waals surface area contributed by atoms with E-state index in [-0.39, 0.29) is 12.5 Å². The molecule has 7 heteroatoms. The molecule has 1 aliphatic heterocycles. The first-order valence-corrected chi connectivity index (χ1v) is 9.70. The average Bonchev–Trinajstić information content (AvgIpc) is 2.64. The van der Waals surface area contributed by atoms with E-state index in [1.165, 1.54) is 4.31 Å². The zero-order chi connectivity index (χ0) is 17.9. The van der Waals surface area contributed by atoms with Crippen LogP contribution in [-0.4, -0.2) is 49.7 Å². The highest BCUT2D eigenvalue weighted by atomic mass is 32.2. The molecule has 1 saturated heterocycles. The van der Waals surface area contributed by atoms with Crippen LogP contribution in [-0.2, 0) is 21.4 Å². The summed E-state index contributed by atoms with van der Waals surface area (Å²) < 4.78 is 28.6. The smallest absolute Gasteiger partial charge is 0.288 e. The Bertz CT molecular complexity index is 845. The van der Waals surface area contributed by atoms with Gasteiger partial charge in [-0.25, -0.2) is 8.42 Å². The van der Waals surface area contributed by atoms with Crippen molar-refractivity contribution in [2.75, 3.05) is 26.2 Å². The molecule has 0 N–H and O–H groups in total. The van der Waals surface area contributed by atoms with Crippen molar-refractivity contribution in [3.05, 3.63) is 60.4 Å². The number of benzene rings is 1. The first kappa shape index (κ1) is 17.6. The van der Waals surface area contributed by atoms with Crippen LogP contribution in [0.15, 0.2) is 59.6 Å². The van der Waals surface area contributed by atoms with E-state index < -0.39 is 10.0 Å². The lowest BCUT2D eigenvalue weighted by Crippen LogP contribution is -2.54. The fourth-order valence-corrected chi connectivity index (χ4v) is 4.35. The summed E-state index contributed by atoms with van der Waals surface area (Å²) in [7, 11) is -3.49. The molecule has 0 aliphatic carbocycles. The molecule has 3 rings (SSSR count). The molecular weight excluding hydrogens is 338 g/mol. The number of carbonyl (C=O) groups excluding carboxylic acids is 1. The van der Waals surface area contributed by atoms with Gasteiger partial charge in [0.1, 0.15) is 0 Å². The van der Waals surface area contributed by atoms with E-state index in [9.17, 15) is 13.2 Å². The third-order valence-corrected chi connectivity index (χ3v) is 6.36. The van der Waals surface area contributed by atoms with Gasteiger partial charge in [0.05, 0.1) is 4.90 Å². The molecule has 0 spiro atoms. The molecule has 132 valence electrons. The van der Waals surface area contributed by atoms with E-state index in [1.54, 1.807) is 35.2 Å². The first-order valence-electron chi connectivity index (χ1n) is 8.26. The van der Waals surface area contributed by atoms with Gasteiger partial charge in [-0.15, -0.1) is 0 Å². The second-order valence-electron chi connectivity index (χ2n) is 6.07. The van der Waals surface area contributed by atoms with E-state index >= 15 is 0 Å². The van der Waals surface area contributed by atoms with Gasteiger partial charge in [0, 0.05) is 45.2 Å². The third-order valence-electron chi connectivity index (χ3n) is 4.45. The number of carbonyl (C=O) groups is 1. The zero-order valence-electron chi connectivity index (χ0n) is 14.2. The highest BCUT2D eigenvalue weighted by molar-refractivity contribution is 7.89. The predicted octanol–water partition coefficient (Wildman–Crippen LogP) is 0.816. The minimum atomic E-state index is -3.49. The van der Waals surface area contributed by atoms with Crippen LogP contribution in [0.3, 0.4) is 0 Å². The van der Waals surface area contributed by atoms with Gasteiger partial charge in [-0.1, -0.05) is 24.3 Å². The van der Waals surface area contributed by atoms with Crippen LogP contribution in [0, 0.1) is 6.92 Å². The number of hydrogen-bond acceptors (Lipinski definition) is 3. The Labute approximate surface area is 148 Å². The van der Waals surface area contributed by atoms with Crippen LogP contribution in [0.2, 0.25) is 0 Å². The Morgan fingerprint density at radius 1 is 1.00 bits per heavy atom. The van der Waals surface area contributed by atoms with Gasteiger partial charge in [0.25, 0.3) is 5.91 Å². The number of rotatable bonds is 4. The number of aryl methyl sites for hydroxylation is 1.